The fraction of sp³-hybridized carbons (Fsp3) is 0.842. The summed E-state index contributed by atoms with van der Waals surface area (Å²) in [6.07, 6.45) is 10.1. The van der Waals surface area contributed by atoms with Gasteiger partial charge in [-0.15, -0.1) is 0 Å². The first kappa shape index (κ1) is 19.7. The molecule has 2 aliphatic rings. The molecule has 2 fully saturated rings. The SMILES string of the molecule is CC(C)CCCCCCNC(=O)CN1C(=O)NC2(CCCCC2)C1=O. The summed E-state index contributed by atoms with van der Waals surface area (Å²) in [5, 5.41) is 5.66. The number of hydrogen-bond donors (Lipinski definition) is 2. The zero-order valence-corrected chi connectivity index (χ0v) is 15.7. The molecule has 1 aliphatic heterocycles. The van der Waals surface area contributed by atoms with Gasteiger partial charge in [0.2, 0.25) is 5.91 Å². The summed E-state index contributed by atoms with van der Waals surface area (Å²) in [7, 11) is 0. The Kier molecular flexibility index (Phi) is 7.26. The number of unbranched alkanes of at least 4 members (excludes halogenated alkanes) is 3. The molecular formula is C19H33N3O3. The zero-order chi connectivity index (χ0) is 18.3. The predicted octanol–water partition coefficient (Wildman–Crippen LogP) is 2.96. The van der Waals surface area contributed by atoms with E-state index in [4.69, 9.17) is 0 Å². The normalized spacial score (nSPS) is 19.6. The Morgan fingerprint density at radius 3 is 2.48 bits per heavy atom. The molecule has 6 heteroatoms. The number of nitrogens with one attached hydrogen (secondary N) is 2. The summed E-state index contributed by atoms with van der Waals surface area (Å²) in [5.41, 5.74) is -0.744. The van der Waals surface area contributed by atoms with E-state index in [1.165, 1.54) is 19.3 Å². The number of amides is 4. The average molecular weight is 351 g/mol. The highest BCUT2D eigenvalue weighted by Gasteiger charge is 2.51. The lowest BCUT2D eigenvalue weighted by molar-refractivity contribution is -0.135. The first-order valence-corrected chi connectivity index (χ1v) is 9.85. The van der Waals surface area contributed by atoms with Crippen LogP contribution in [-0.2, 0) is 9.59 Å². The molecule has 1 aliphatic carbocycles. The molecule has 1 heterocycles. The minimum absolute atomic E-state index is 0.167. The van der Waals surface area contributed by atoms with Crippen molar-refractivity contribution in [2.45, 2.75) is 83.6 Å². The molecule has 0 unspecified atom stereocenters. The van der Waals surface area contributed by atoms with Crippen LogP contribution in [0.1, 0.15) is 78.1 Å². The van der Waals surface area contributed by atoms with Crippen LogP contribution in [0.5, 0.6) is 0 Å². The van der Waals surface area contributed by atoms with Crippen LogP contribution >= 0.6 is 0 Å². The number of hydrogen-bond acceptors (Lipinski definition) is 3. The van der Waals surface area contributed by atoms with Crippen LogP contribution in [-0.4, -0.2) is 41.4 Å². The van der Waals surface area contributed by atoms with Gasteiger partial charge in [0, 0.05) is 6.54 Å². The Labute approximate surface area is 151 Å². The average Bonchev–Trinajstić information content (AvgIpc) is 2.78. The van der Waals surface area contributed by atoms with Crippen molar-refractivity contribution in [3.63, 3.8) is 0 Å². The van der Waals surface area contributed by atoms with Gasteiger partial charge in [-0.3, -0.25) is 14.5 Å². The van der Waals surface area contributed by atoms with Crippen LogP contribution < -0.4 is 10.6 Å². The van der Waals surface area contributed by atoms with Crippen LogP contribution in [0.3, 0.4) is 0 Å². The van der Waals surface area contributed by atoms with E-state index in [2.05, 4.69) is 24.5 Å². The van der Waals surface area contributed by atoms with E-state index in [1.54, 1.807) is 0 Å². The van der Waals surface area contributed by atoms with E-state index < -0.39 is 11.6 Å². The molecule has 6 nitrogen and oxygen atoms in total. The number of carbonyl (C=O) groups excluding carboxylic acids is 3. The Morgan fingerprint density at radius 1 is 1.12 bits per heavy atom. The van der Waals surface area contributed by atoms with Gasteiger partial charge >= 0.3 is 6.03 Å². The predicted molar refractivity (Wildman–Crippen MR) is 97.0 cm³/mol. The van der Waals surface area contributed by atoms with E-state index in [-0.39, 0.29) is 18.4 Å². The maximum absolute atomic E-state index is 12.6. The van der Waals surface area contributed by atoms with E-state index in [1.807, 2.05) is 0 Å². The number of nitrogens with zero attached hydrogens (tertiary/aromatic N) is 1. The smallest absolute Gasteiger partial charge is 0.325 e. The van der Waals surface area contributed by atoms with Crippen LogP contribution in [0.15, 0.2) is 0 Å². The van der Waals surface area contributed by atoms with E-state index >= 15 is 0 Å². The highest BCUT2D eigenvalue weighted by molar-refractivity contribution is 6.09. The molecule has 0 aromatic carbocycles. The van der Waals surface area contributed by atoms with Crippen molar-refractivity contribution in [1.29, 1.82) is 0 Å². The van der Waals surface area contributed by atoms with Gasteiger partial charge in [-0.05, 0) is 25.2 Å². The molecule has 0 atom stereocenters. The van der Waals surface area contributed by atoms with Crippen molar-refractivity contribution in [3.05, 3.63) is 0 Å². The van der Waals surface area contributed by atoms with Crippen molar-refractivity contribution >= 4 is 17.8 Å². The third-order valence-corrected chi connectivity index (χ3v) is 5.29. The van der Waals surface area contributed by atoms with E-state index in [0.717, 1.165) is 42.9 Å². The van der Waals surface area contributed by atoms with Gasteiger partial charge in [0.1, 0.15) is 12.1 Å². The van der Waals surface area contributed by atoms with Gasteiger partial charge in [-0.25, -0.2) is 4.79 Å². The van der Waals surface area contributed by atoms with Gasteiger partial charge in [0.15, 0.2) is 0 Å². The third-order valence-electron chi connectivity index (χ3n) is 5.29. The first-order chi connectivity index (χ1) is 11.9. The highest BCUT2D eigenvalue weighted by Crippen LogP contribution is 2.33. The molecule has 1 spiro atoms. The molecule has 2 rings (SSSR count). The summed E-state index contributed by atoms with van der Waals surface area (Å²) < 4.78 is 0. The Morgan fingerprint density at radius 2 is 1.80 bits per heavy atom. The molecule has 0 bridgehead atoms. The fourth-order valence-corrected chi connectivity index (χ4v) is 3.77. The molecule has 1 saturated carbocycles. The van der Waals surface area contributed by atoms with Crippen LogP contribution in [0, 0.1) is 5.92 Å². The zero-order valence-electron chi connectivity index (χ0n) is 15.7. The second-order valence-corrected chi connectivity index (χ2v) is 7.91. The Hall–Kier alpha value is -1.59. The standard InChI is InChI=1S/C19H33N3O3/c1-15(2)10-6-3-4-9-13-20-16(23)14-22-17(24)19(21-18(22)25)11-7-5-8-12-19/h15H,3-14H2,1-2H3,(H,20,23)(H,21,25). The van der Waals surface area contributed by atoms with Gasteiger partial charge < -0.3 is 10.6 Å². The molecule has 0 radical (unpaired) electrons. The van der Waals surface area contributed by atoms with Gasteiger partial charge in [0.05, 0.1) is 0 Å². The van der Waals surface area contributed by atoms with E-state index in [9.17, 15) is 14.4 Å². The highest BCUT2D eigenvalue weighted by atomic mass is 16.2. The van der Waals surface area contributed by atoms with Crippen molar-refractivity contribution in [2.24, 2.45) is 5.92 Å². The summed E-state index contributed by atoms with van der Waals surface area (Å²) in [4.78, 5) is 37.8. The third kappa shape index (κ3) is 5.44. The second kappa shape index (κ2) is 9.20. The molecule has 142 valence electrons. The molecule has 0 aromatic rings. The van der Waals surface area contributed by atoms with Crippen LogP contribution in [0.25, 0.3) is 0 Å². The van der Waals surface area contributed by atoms with Gasteiger partial charge in [0.25, 0.3) is 5.91 Å². The van der Waals surface area contributed by atoms with E-state index in [0.29, 0.717) is 19.4 Å². The lowest BCUT2D eigenvalue weighted by atomic mass is 9.82. The topological polar surface area (TPSA) is 78.5 Å². The van der Waals surface area contributed by atoms with Gasteiger partial charge in [-0.2, -0.15) is 0 Å². The minimum atomic E-state index is -0.744. The maximum Gasteiger partial charge on any atom is 0.325 e. The molecule has 4 amide bonds. The summed E-state index contributed by atoms with van der Waals surface area (Å²) in [5.74, 6) is 0.274. The summed E-state index contributed by atoms with van der Waals surface area (Å²) in [6.45, 7) is 4.90. The minimum Gasteiger partial charge on any atom is -0.355 e. The van der Waals surface area contributed by atoms with Crippen molar-refractivity contribution in [1.82, 2.24) is 15.5 Å². The largest absolute Gasteiger partial charge is 0.355 e. The molecule has 2 N–H and O–H groups in total. The molecule has 25 heavy (non-hydrogen) atoms. The summed E-state index contributed by atoms with van der Waals surface area (Å²) >= 11 is 0. The number of rotatable bonds is 9. The Balaban J connectivity index is 1.66. The van der Waals surface area contributed by atoms with Crippen LogP contribution in [0.4, 0.5) is 4.79 Å². The molecule has 1 saturated heterocycles. The van der Waals surface area contributed by atoms with Crippen molar-refractivity contribution in [2.75, 3.05) is 13.1 Å². The monoisotopic (exact) mass is 351 g/mol. The lowest BCUT2D eigenvalue weighted by Gasteiger charge is -2.30. The lowest BCUT2D eigenvalue weighted by Crippen LogP contribution is -2.49. The first-order valence-electron chi connectivity index (χ1n) is 9.85. The second-order valence-electron chi connectivity index (χ2n) is 7.91. The maximum atomic E-state index is 12.6. The van der Waals surface area contributed by atoms with Gasteiger partial charge in [-0.1, -0.05) is 58.8 Å². The van der Waals surface area contributed by atoms with Crippen LogP contribution in [0.2, 0.25) is 0 Å². The number of carbonyl (C=O) groups is 3. The Bertz CT molecular complexity index is 484. The molecular weight excluding hydrogens is 318 g/mol. The number of urea groups is 1. The summed E-state index contributed by atoms with van der Waals surface area (Å²) in [6, 6.07) is -0.421. The fourth-order valence-electron chi connectivity index (χ4n) is 3.77. The van der Waals surface area contributed by atoms with Crippen molar-refractivity contribution in [3.8, 4) is 0 Å². The number of imide groups is 1. The van der Waals surface area contributed by atoms with Crippen molar-refractivity contribution < 1.29 is 14.4 Å². The quantitative estimate of drug-likeness (QED) is 0.495. The molecule has 0 aromatic heterocycles.